The number of hydrogen-bond donors (Lipinski definition) is 0. The van der Waals surface area contributed by atoms with Crippen LogP contribution >= 0.6 is 0 Å². The molecule has 0 saturated carbocycles. The first-order valence-corrected chi connectivity index (χ1v) is 7.44. The first-order valence-electron chi connectivity index (χ1n) is 7.44. The smallest absolute Gasteiger partial charge is 0.183 e. The van der Waals surface area contributed by atoms with Crippen LogP contribution in [0, 0.1) is 0 Å². The summed E-state index contributed by atoms with van der Waals surface area (Å²) in [4.78, 5) is 11.5. The fourth-order valence-corrected chi connectivity index (χ4v) is 2.53. The van der Waals surface area contributed by atoms with E-state index in [2.05, 4.69) is 20.8 Å². The summed E-state index contributed by atoms with van der Waals surface area (Å²) in [6.45, 7) is 12.8. The number of rotatable bonds is 11. The predicted molar refractivity (Wildman–Crippen MR) is 75.1 cm³/mol. The van der Waals surface area contributed by atoms with Crippen LogP contribution in [0.25, 0.3) is 0 Å². The highest BCUT2D eigenvalue weighted by Crippen LogP contribution is 2.14. The molecule has 2 heteroatoms. The molecular weight excluding hydrogens is 210 g/mol. The lowest BCUT2D eigenvalue weighted by atomic mass is 10.1. The first kappa shape index (κ1) is 16.6. The molecule has 0 aliphatic heterocycles. The monoisotopic (exact) mass is 242 g/mol. The maximum Gasteiger partial charge on any atom is 0.183 e. The van der Waals surface area contributed by atoms with Crippen molar-refractivity contribution >= 4 is 5.78 Å². The molecule has 0 aromatic rings. The molecule has 0 saturated heterocycles. The molecule has 102 valence electrons. The Labute approximate surface area is 108 Å². The SMILES string of the molecule is CCCC[N+](CCCC)(CCCC)CC(C)=O. The third-order valence-electron chi connectivity index (χ3n) is 3.52. The van der Waals surface area contributed by atoms with Gasteiger partial charge in [-0.3, -0.25) is 4.79 Å². The molecule has 0 aromatic carbocycles. The molecule has 0 rings (SSSR count). The van der Waals surface area contributed by atoms with Gasteiger partial charge in [-0.05, 0) is 19.3 Å². The fraction of sp³-hybridized carbons (Fsp3) is 0.933. The Morgan fingerprint density at radius 3 is 1.41 bits per heavy atom. The van der Waals surface area contributed by atoms with Crippen LogP contribution in [-0.2, 0) is 4.79 Å². The number of nitrogens with zero attached hydrogens (tertiary/aromatic N) is 1. The number of quaternary nitrogens is 1. The summed E-state index contributed by atoms with van der Waals surface area (Å²) in [5, 5.41) is 0. The second kappa shape index (κ2) is 9.64. The van der Waals surface area contributed by atoms with Gasteiger partial charge in [-0.1, -0.05) is 40.0 Å². The number of unbranched alkanes of at least 4 members (excludes halogenated alkanes) is 3. The lowest BCUT2D eigenvalue weighted by molar-refractivity contribution is -0.921. The quantitative estimate of drug-likeness (QED) is 0.504. The van der Waals surface area contributed by atoms with Gasteiger partial charge in [-0.25, -0.2) is 0 Å². The number of hydrogen-bond acceptors (Lipinski definition) is 1. The highest BCUT2D eigenvalue weighted by Gasteiger charge is 2.27. The van der Waals surface area contributed by atoms with Crippen molar-refractivity contribution in [1.29, 1.82) is 0 Å². The average Bonchev–Trinajstić information content (AvgIpc) is 2.30. The number of carbonyl (C=O) groups excluding carboxylic acids is 1. The number of carbonyl (C=O) groups is 1. The molecule has 0 N–H and O–H groups in total. The molecule has 0 aromatic heterocycles. The van der Waals surface area contributed by atoms with Crippen LogP contribution in [0.1, 0.15) is 66.2 Å². The summed E-state index contributed by atoms with van der Waals surface area (Å²) in [6.07, 6.45) is 7.45. The summed E-state index contributed by atoms with van der Waals surface area (Å²) in [5.74, 6) is 0.355. The highest BCUT2D eigenvalue weighted by molar-refractivity contribution is 5.76. The molecular formula is C15H32NO+. The Morgan fingerprint density at radius 2 is 1.18 bits per heavy atom. The van der Waals surface area contributed by atoms with Crippen molar-refractivity contribution in [1.82, 2.24) is 0 Å². The van der Waals surface area contributed by atoms with E-state index in [1.807, 2.05) is 0 Å². The molecule has 0 amide bonds. The summed E-state index contributed by atoms with van der Waals surface area (Å²) in [6, 6.07) is 0. The number of ketones is 1. The lowest BCUT2D eigenvalue weighted by Crippen LogP contribution is -2.52. The van der Waals surface area contributed by atoms with E-state index in [-0.39, 0.29) is 0 Å². The molecule has 0 aliphatic rings. The zero-order chi connectivity index (χ0) is 13.1. The summed E-state index contributed by atoms with van der Waals surface area (Å²) in [5.41, 5.74) is 0. The largest absolute Gasteiger partial charge is 0.317 e. The van der Waals surface area contributed by atoms with Gasteiger partial charge in [0.05, 0.1) is 19.6 Å². The van der Waals surface area contributed by atoms with E-state index in [9.17, 15) is 4.79 Å². The van der Waals surface area contributed by atoms with Gasteiger partial charge in [0, 0.05) is 6.92 Å². The van der Waals surface area contributed by atoms with Crippen LogP contribution in [0.4, 0.5) is 0 Å². The minimum absolute atomic E-state index is 0.355. The molecule has 0 radical (unpaired) electrons. The highest BCUT2D eigenvalue weighted by atomic mass is 16.1. The normalized spacial score (nSPS) is 11.8. The van der Waals surface area contributed by atoms with E-state index in [4.69, 9.17) is 0 Å². The van der Waals surface area contributed by atoms with Crippen LogP contribution in [0.5, 0.6) is 0 Å². The van der Waals surface area contributed by atoms with Gasteiger partial charge >= 0.3 is 0 Å². The Bertz CT molecular complexity index is 179. The molecule has 0 spiro atoms. The van der Waals surface area contributed by atoms with Gasteiger partial charge in [-0.15, -0.1) is 0 Å². The summed E-state index contributed by atoms with van der Waals surface area (Å²) in [7, 11) is 0. The van der Waals surface area contributed by atoms with Crippen molar-refractivity contribution in [2.45, 2.75) is 66.2 Å². The van der Waals surface area contributed by atoms with Crippen molar-refractivity contribution in [2.24, 2.45) is 0 Å². The second-order valence-electron chi connectivity index (χ2n) is 5.43. The summed E-state index contributed by atoms with van der Waals surface area (Å²) < 4.78 is 1.05. The van der Waals surface area contributed by atoms with E-state index in [0.717, 1.165) is 11.0 Å². The molecule has 0 atom stereocenters. The first-order chi connectivity index (χ1) is 8.10. The minimum atomic E-state index is 0.355. The Morgan fingerprint density at radius 1 is 0.824 bits per heavy atom. The molecule has 17 heavy (non-hydrogen) atoms. The predicted octanol–water partition coefficient (Wildman–Crippen LogP) is 3.79. The molecule has 0 unspecified atom stereocenters. The Balaban J connectivity index is 4.56. The van der Waals surface area contributed by atoms with Gasteiger partial charge in [0.25, 0.3) is 0 Å². The van der Waals surface area contributed by atoms with Crippen molar-refractivity contribution in [3.8, 4) is 0 Å². The molecule has 0 heterocycles. The van der Waals surface area contributed by atoms with Gasteiger partial charge in [-0.2, -0.15) is 0 Å². The van der Waals surface area contributed by atoms with E-state index < -0.39 is 0 Å². The molecule has 0 bridgehead atoms. The van der Waals surface area contributed by atoms with Crippen molar-refractivity contribution in [3.63, 3.8) is 0 Å². The van der Waals surface area contributed by atoms with Crippen molar-refractivity contribution in [3.05, 3.63) is 0 Å². The third kappa shape index (κ3) is 7.54. The van der Waals surface area contributed by atoms with Crippen LogP contribution in [0.2, 0.25) is 0 Å². The van der Waals surface area contributed by atoms with Crippen LogP contribution in [0.15, 0.2) is 0 Å². The third-order valence-corrected chi connectivity index (χ3v) is 3.52. The number of Topliss-reactive ketones (excluding diaryl/α,β-unsaturated/α-hetero) is 1. The lowest BCUT2D eigenvalue weighted by Gasteiger charge is -2.38. The maximum atomic E-state index is 11.5. The van der Waals surface area contributed by atoms with Gasteiger partial charge in [0.15, 0.2) is 5.78 Å². The zero-order valence-electron chi connectivity index (χ0n) is 12.4. The molecule has 0 aliphatic carbocycles. The van der Waals surface area contributed by atoms with E-state index in [1.54, 1.807) is 6.92 Å². The van der Waals surface area contributed by atoms with Gasteiger partial charge in [0.2, 0.25) is 0 Å². The Kier molecular flexibility index (Phi) is 9.43. The van der Waals surface area contributed by atoms with Crippen molar-refractivity contribution in [2.75, 3.05) is 26.2 Å². The fourth-order valence-electron chi connectivity index (χ4n) is 2.53. The van der Waals surface area contributed by atoms with Gasteiger partial charge in [0.1, 0.15) is 6.54 Å². The zero-order valence-corrected chi connectivity index (χ0v) is 12.4. The van der Waals surface area contributed by atoms with E-state index >= 15 is 0 Å². The summed E-state index contributed by atoms with van der Waals surface area (Å²) >= 11 is 0. The van der Waals surface area contributed by atoms with E-state index in [0.29, 0.717) is 5.78 Å². The minimum Gasteiger partial charge on any atom is -0.317 e. The van der Waals surface area contributed by atoms with Gasteiger partial charge < -0.3 is 4.48 Å². The molecule has 2 nitrogen and oxygen atoms in total. The van der Waals surface area contributed by atoms with E-state index in [1.165, 1.54) is 58.2 Å². The van der Waals surface area contributed by atoms with Crippen molar-refractivity contribution < 1.29 is 9.28 Å². The Hall–Kier alpha value is -0.370. The standard InChI is InChI=1S/C15H32NO/c1-5-8-11-16(12-9-6-2,13-10-7-3)14-15(4)17/h5-14H2,1-4H3/q+1. The maximum absolute atomic E-state index is 11.5. The average molecular weight is 242 g/mol. The topological polar surface area (TPSA) is 17.1 Å². The van der Waals surface area contributed by atoms with Crippen LogP contribution in [0.3, 0.4) is 0 Å². The van der Waals surface area contributed by atoms with Crippen LogP contribution < -0.4 is 0 Å². The van der Waals surface area contributed by atoms with Crippen LogP contribution in [-0.4, -0.2) is 36.4 Å². The second-order valence-corrected chi connectivity index (χ2v) is 5.43. The molecule has 0 fully saturated rings.